The van der Waals surface area contributed by atoms with E-state index in [2.05, 4.69) is 29.2 Å². The molecule has 0 aliphatic rings. The van der Waals surface area contributed by atoms with Crippen LogP contribution in [0.1, 0.15) is 0 Å². The van der Waals surface area contributed by atoms with E-state index in [1.165, 1.54) is 20.2 Å². The SMILES string of the molecule is Nc1nc2c3ccccc3sc2c2ccccc12. The quantitative estimate of drug-likeness (QED) is 0.508. The first kappa shape index (κ1) is 9.85. The topological polar surface area (TPSA) is 38.9 Å². The predicted octanol–water partition coefficient (Wildman–Crippen LogP) is 4.18. The molecule has 86 valence electrons. The molecule has 2 aromatic carbocycles. The Morgan fingerprint density at radius 1 is 0.833 bits per heavy atom. The van der Waals surface area contributed by atoms with Gasteiger partial charge in [0.25, 0.3) is 0 Å². The maximum absolute atomic E-state index is 6.07. The summed E-state index contributed by atoms with van der Waals surface area (Å²) in [7, 11) is 0. The number of pyridine rings is 1. The van der Waals surface area contributed by atoms with Crippen molar-refractivity contribution >= 4 is 48.2 Å². The highest BCUT2D eigenvalue weighted by Gasteiger charge is 2.11. The van der Waals surface area contributed by atoms with Crippen LogP contribution in [-0.2, 0) is 0 Å². The van der Waals surface area contributed by atoms with Crippen LogP contribution in [0.5, 0.6) is 0 Å². The number of hydrogen-bond donors (Lipinski definition) is 1. The summed E-state index contributed by atoms with van der Waals surface area (Å²) in [5.74, 6) is 0.613. The van der Waals surface area contributed by atoms with Crippen LogP contribution in [0.4, 0.5) is 5.82 Å². The summed E-state index contributed by atoms with van der Waals surface area (Å²) >= 11 is 1.78. The van der Waals surface area contributed by atoms with E-state index in [0.29, 0.717) is 5.82 Å². The van der Waals surface area contributed by atoms with E-state index in [1.54, 1.807) is 11.3 Å². The van der Waals surface area contributed by atoms with E-state index >= 15 is 0 Å². The maximum Gasteiger partial charge on any atom is 0.132 e. The largest absolute Gasteiger partial charge is 0.383 e. The Kier molecular flexibility index (Phi) is 1.88. The van der Waals surface area contributed by atoms with Crippen molar-refractivity contribution in [3.05, 3.63) is 48.5 Å². The van der Waals surface area contributed by atoms with Gasteiger partial charge in [-0.1, -0.05) is 42.5 Å². The van der Waals surface area contributed by atoms with E-state index in [-0.39, 0.29) is 0 Å². The Balaban J connectivity index is 2.36. The van der Waals surface area contributed by atoms with Crippen molar-refractivity contribution in [1.29, 1.82) is 0 Å². The third-order valence-corrected chi connectivity index (χ3v) is 4.44. The summed E-state index contributed by atoms with van der Waals surface area (Å²) in [6.45, 7) is 0. The predicted molar refractivity (Wildman–Crippen MR) is 79.0 cm³/mol. The molecule has 0 amide bonds. The summed E-state index contributed by atoms with van der Waals surface area (Å²) < 4.78 is 2.48. The number of hydrogen-bond acceptors (Lipinski definition) is 3. The minimum atomic E-state index is 0.613. The number of nitrogen functional groups attached to an aromatic ring is 1. The molecule has 2 heterocycles. The average Bonchev–Trinajstić information content (AvgIpc) is 2.78. The van der Waals surface area contributed by atoms with Crippen LogP contribution in [0.2, 0.25) is 0 Å². The third kappa shape index (κ3) is 1.19. The van der Waals surface area contributed by atoms with Crippen molar-refractivity contribution in [2.75, 3.05) is 5.73 Å². The van der Waals surface area contributed by atoms with Crippen LogP contribution in [0.3, 0.4) is 0 Å². The Morgan fingerprint density at radius 3 is 2.33 bits per heavy atom. The zero-order valence-corrected chi connectivity index (χ0v) is 10.4. The Hall–Kier alpha value is -2.13. The van der Waals surface area contributed by atoms with E-state index in [9.17, 15) is 0 Å². The van der Waals surface area contributed by atoms with Gasteiger partial charge in [0.05, 0.1) is 10.2 Å². The highest BCUT2D eigenvalue weighted by atomic mass is 32.1. The molecule has 0 fully saturated rings. The zero-order chi connectivity index (χ0) is 12.1. The first-order chi connectivity index (χ1) is 8.84. The van der Waals surface area contributed by atoms with Gasteiger partial charge in [-0.3, -0.25) is 0 Å². The second-order valence-electron chi connectivity index (χ2n) is 4.32. The molecule has 3 heteroatoms. The summed E-state index contributed by atoms with van der Waals surface area (Å²) in [6.07, 6.45) is 0. The number of aromatic nitrogens is 1. The minimum absolute atomic E-state index is 0.613. The molecule has 0 saturated carbocycles. The van der Waals surface area contributed by atoms with E-state index in [1.807, 2.05) is 24.3 Å². The second kappa shape index (κ2) is 3.43. The van der Waals surface area contributed by atoms with E-state index in [0.717, 1.165) is 10.9 Å². The molecular formula is C15H10N2S. The summed E-state index contributed by atoms with van der Waals surface area (Å²) in [6, 6.07) is 16.5. The Bertz CT molecular complexity index is 893. The molecule has 4 aromatic rings. The molecule has 0 bridgehead atoms. The van der Waals surface area contributed by atoms with Crippen LogP contribution >= 0.6 is 11.3 Å². The third-order valence-electron chi connectivity index (χ3n) is 3.25. The van der Waals surface area contributed by atoms with Crippen molar-refractivity contribution < 1.29 is 0 Å². The van der Waals surface area contributed by atoms with Crippen molar-refractivity contribution in [3.8, 4) is 0 Å². The molecule has 2 nitrogen and oxygen atoms in total. The van der Waals surface area contributed by atoms with Crippen LogP contribution in [0.15, 0.2) is 48.5 Å². The van der Waals surface area contributed by atoms with Crippen molar-refractivity contribution in [3.63, 3.8) is 0 Å². The molecule has 4 rings (SSSR count). The van der Waals surface area contributed by atoms with Gasteiger partial charge in [0.1, 0.15) is 5.82 Å². The summed E-state index contributed by atoms with van der Waals surface area (Å²) in [5.41, 5.74) is 7.09. The van der Waals surface area contributed by atoms with Crippen molar-refractivity contribution in [1.82, 2.24) is 4.98 Å². The van der Waals surface area contributed by atoms with Crippen LogP contribution < -0.4 is 5.73 Å². The van der Waals surface area contributed by atoms with Gasteiger partial charge in [-0.15, -0.1) is 11.3 Å². The number of thiophene rings is 1. The number of rotatable bonds is 0. The Labute approximate surface area is 108 Å². The fraction of sp³-hybridized carbons (Fsp3) is 0. The minimum Gasteiger partial charge on any atom is -0.383 e. The summed E-state index contributed by atoms with van der Waals surface area (Å²) in [5, 5.41) is 3.42. The molecule has 0 spiro atoms. The molecular weight excluding hydrogens is 240 g/mol. The van der Waals surface area contributed by atoms with Crippen LogP contribution in [0, 0.1) is 0 Å². The number of fused-ring (bicyclic) bond motifs is 5. The van der Waals surface area contributed by atoms with Gasteiger partial charge in [0.15, 0.2) is 0 Å². The highest BCUT2D eigenvalue weighted by Crippen LogP contribution is 2.38. The standard InChI is InChI=1S/C15H10N2S/c16-15-10-6-2-1-5-9(10)14-13(17-15)11-7-3-4-8-12(11)18-14/h1-8H,(H2,16,17). The Morgan fingerprint density at radius 2 is 1.50 bits per heavy atom. The van der Waals surface area contributed by atoms with Gasteiger partial charge < -0.3 is 5.73 Å². The first-order valence-corrected chi connectivity index (χ1v) is 6.62. The molecule has 0 aliphatic heterocycles. The molecule has 0 saturated heterocycles. The van der Waals surface area contributed by atoms with Crippen molar-refractivity contribution in [2.45, 2.75) is 0 Å². The molecule has 0 unspecified atom stereocenters. The molecule has 0 aliphatic carbocycles. The smallest absolute Gasteiger partial charge is 0.132 e. The lowest BCUT2D eigenvalue weighted by atomic mass is 10.1. The molecule has 0 radical (unpaired) electrons. The van der Waals surface area contributed by atoms with Gasteiger partial charge in [-0.2, -0.15) is 0 Å². The van der Waals surface area contributed by atoms with Crippen molar-refractivity contribution in [2.24, 2.45) is 0 Å². The average molecular weight is 250 g/mol. The van der Waals surface area contributed by atoms with Gasteiger partial charge in [0, 0.05) is 20.9 Å². The lowest BCUT2D eigenvalue weighted by molar-refractivity contribution is 1.47. The summed E-state index contributed by atoms with van der Waals surface area (Å²) in [4.78, 5) is 4.58. The molecule has 0 atom stereocenters. The van der Waals surface area contributed by atoms with E-state index < -0.39 is 0 Å². The van der Waals surface area contributed by atoms with Crippen LogP contribution in [-0.4, -0.2) is 4.98 Å². The monoisotopic (exact) mass is 250 g/mol. The number of nitrogens with zero attached hydrogens (tertiary/aromatic N) is 1. The lowest BCUT2D eigenvalue weighted by Crippen LogP contribution is -1.91. The normalized spacial score (nSPS) is 11.6. The fourth-order valence-electron chi connectivity index (χ4n) is 2.41. The maximum atomic E-state index is 6.07. The zero-order valence-electron chi connectivity index (χ0n) is 9.55. The van der Waals surface area contributed by atoms with Gasteiger partial charge in [0.2, 0.25) is 0 Å². The second-order valence-corrected chi connectivity index (χ2v) is 5.37. The number of anilines is 1. The molecule has 18 heavy (non-hydrogen) atoms. The molecule has 2 aromatic heterocycles. The lowest BCUT2D eigenvalue weighted by Gasteiger charge is -2.02. The fourth-order valence-corrected chi connectivity index (χ4v) is 3.59. The van der Waals surface area contributed by atoms with Gasteiger partial charge in [-0.05, 0) is 6.07 Å². The van der Waals surface area contributed by atoms with Gasteiger partial charge >= 0.3 is 0 Å². The van der Waals surface area contributed by atoms with Gasteiger partial charge in [-0.25, -0.2) is 4.98 Å². The van der Waals surface area contributed by atoms with E-state index in [4.69, 9.17) is 5.73 Å². The molecule has 2 N–H and O–H groups in total. The number of benzene rings is 2. The highest BCUT2D eigenvalue weighted by molar-refractivity contribution is 7.26. The first-order valence-electron chi connectivity index (χ1n) is 5.80. The van der Waals surface area contributed by atoms with Crippen LogP contribution in [0.25, 0.3) is 31.1 Å². The number of nitrogens with two attached hydrogens (primary N) is 1.